The van der Waals surface area contributed by atoms with E-state index in [4.69, 9.17) is 4.74 Å². The number of nitrogens with zero attached hydrogens (tertiary/aromatic N) is 2. The van der Waals surface area contributed by atoms with Gasteiger partial charge in [0.15, 0.2) is 0 Å². The molecule has 0 aliphatic rings. The topological polar surface area (TPSA) is 52.1 Å². The number of rotatable bonds is 5. The summed E-state index contributed by atoms with van der Waals surface area (Å²) in [6.07, 6.45) is 1.56. The van der Waals surface area contributed by atoms with Gasteiger partial charge in [-0.3, -0.25) is 4.79 Å². The molecule has 6 heteroatoms. The number of esters is 1. The van der Waals surface area contributed by atoms with Gasteiger partial charge in [0.2, 0.25) is 0 Å². The largest absolute Gasteiger partial charge is 0.465 e. The molecule has 0 amide bonds. The molecule has 0 aliphatic heterocycles. The standard InChI is InChI=1S/C18H18N2O2S2/c1-4-22-18(21)15(13-8-6-5-7-9-13)24-17-14-11(2)12(3)23-16(14)19-10-20-17/h5-10,15H,4H2,1-3H3/t15-/m1/s1. The second-order valence-corrected chi connectivity index (χ2v) is 7.60. The van der Waals surface area contributed by atoms with Gasteiger partial charge in [0.25, 0.3) is 0 Å². The van der Waals surface area contributed by atoms with E-state index in [9.17, 15) is 4.79 Å². The van der Waals surface area contributed by atoms with Gasteiger partial charge in [0, 0.05) is 10.3 Å². The molecule has 0 bridgehead atoms. The van der Waals surface area contributed by atoms with Crippen LogP contribution in [0.25, 0.3) is 10.2 Å². The fourth-order valence-corrected chi connectivity index (χ4v) is 4.67. The van der Waals surface area contributed by atoms with Crippen LogP contribution in [-0.2, 0) is 9.53 Å². The second-order valence-electron chi connectivity index (χ2n) is 5.30. The molecule has 3 rings (SSSR count). The highest BCUT2D eigenvalue weighted by Crippen LogP contribution is 2.41. The number of hydrogen-bond donors (Lipinski definition) is 0. The minimum absolute atomic E-state index is 0.245. The third kappa shape index (κ3) is 3.30. The predicted molar refractivity (Wildman–Crippen MR) is 98.6 cm³/mol. The van der Waals surface area contributed by atoms with Crippen molar-refractivity contribution in [1.29, 1.82) is 0 Å². The van der Waals surface area contributed by atoms with Crippen molar-refractivity contribution in [1.82, 2.24) is 9.97 Å². The van der Waals surface area contributed by atoms with E-state index in [1.807, 2.05) is 37.3 Å². The zero-order valence-corrected chi connectivity index (χ0v) is 15.4. The molecule has 0 N–H and O–H groups in total. The van der Waals surface area contributed by atoms with Crippen LogP contribution in [0.15, 0.2) is 41.7 Å². The van der Waals surface area contributed by atoms with Crippen LogP contribution in [0.4, 0.5) is 0 Å². The summed E-state index contributed by atoms with van der Waals surface area (Å²) in [6, 6.07) is 9.68. The van der Waals surface area contributed by atoms with Gasteiger partial charge in [0.05, 0.1) is 6.61 Å². The Morgan fingerprint density at radius 1 is 1.25 bits per heavy atom. The molecule has 0 unspecified atom stereocenters. The van der Waals surface area contributed by atoms with Gasteiger partial charge in [-0.25, -0.2) is 9.97 Å². The molecule has 2 heterocycles. The zero-order valence-electron chi connectivity index (χ0n) is 13.8. The highest BCUT2D eigenvalue weighted by atomic mass is 32.2. The molecule has 124 valence electrons. The third-order valence-electron chi connectivity index (χ3n) is 3.76. The number of carbonyl (C=O) groups excluding carboxylic acids is 1. The lowest BCUT2D eigenvalue weighted by atomic mass is 10.1. The predicted octanol–water partition coefficient (Wildman–Crippen LogP) is 4.70. The Kier molecular flexibility index (Phi) is 5.16. The minimum atomic E-state index is -0.441. The molecule has 0 radical (unpaired) electrons. The molecule has 0 saturated carbocycles. The van der Waals surface area contributed by atoms with E-state index in [1.165, 1.54) is 22.2 Å². The quantitative estimate of drug-likeness (QED) is 0.376. The summed E-state index contributed by atoms with van der Waals surface area (Å²) in [5.41, 5.74) is 2.09. The normalized spacial score (nSPS) is 12.3. The smallest absolute Gasteiger partial charge is 0.324 e. The van der Waals surface area contributed by atoms with Crippen molar-refractivity contribution < 1.29 is 9.53 Å². The lowest BCUT2D eigenvalue weighted by molar-refractivity contribution is -0.142. The molecular formula is C18H18N2O2S2. The Hall–Kier alpha value is -1.92. The number of aryl methyl sites for hydroxylation is 2. The molecule has 4 nitrogen and oxygen atoms in total. The number of ether oxygens (including phenoxy) is 1. The molecule has 1 atom stereocenters. The van der Waals surface area contributed by atoms with Crippen molar-refractivity contribution in [3.8, 4) is 0 Å². The molecule has 2 aromatic heterocycles. The maximum atomic E-state index is 12.5. The molecule has 0 aliphatic carbocycles. The average Bonchev–Trinajstić information content (AvgIpc) is 2.89. The summed E-state index contributed by atoms with van der Waals surface area (Å²) in [7, 11) is 0. The number of aromatic nitrogens is 2. The fraction of sp³-hybridized carbons (Fsp3) is 0.278. The van der Waals surface area contributed by atoms with Gasteiger partial charge in [-0.05, 0) is 31.9 Å². The number of hydrogen-bond acceptors (Lipinski definition) is 6. The molecule has 1 aromatic carbocycles. The maximum Gasteiger partial charge on any atom is 0.324 e. The summed E-state index contributed by atoms with van der Waals surface area (Å²) in [5.74, 6) is -0.245. The number of thioether (sulfide) groups is 1. The van der Waals surface area contributed by atoms with Crippen LogP contribution in [0.1, 0.15) is 28.2 Å². The van der Waals surface area contributed by atoms with Gasteiger partial charge >= 0.3 is 5.97 Å². The monoisotopic (exact) mass is 358 g/mol. The number of thiophene rings is 1. The van der Waals surface area contributed by atoms with Crippen molar-refractivity contribution in [2.75, 3.05) is 6.61 Å². The van der Waals surface area contributed by atoms with Crippen LogP contribution >= 0.6 is 23.1 Å². The van der Waals surface area contributed by atoms with Gasteiger partial charge in [-0.15, -0.1) is 11.3 Å². The lowest BCUT2D eigenvalue weighted by Gasteiger charge is -2.15. The first-order chi connectivity index (χ1) is 11.6. The summed E-state index contributed by atoms with van der Waals surface area (Å²) in [5, 5.41) is 1.42. The minimum Gasteiger partial charge on any atom is -0.465 e. The Morgan fingerprint density at radius 2 is 2.00 bits per heavy atom. The van der Waals surface area contributed by atoms with Gasteiger partial charge < -0.3 is 4.74 Å². The van der Waals surface area contributed by atoms with Crippen molar-refractivity contribution in [2.45, 2.75) is 31.0 Å². The van der Waals surface area contributed by atoms with Crippen LogP contribution in [-0.4, -0.2) is 22.5 Å². The highest BCUT2D eigenvalue weighted by molar-refractivity contribution is 8.00. The van der Waals surface area contributed by atoms with E-state index >= 15 is 0 Å². The number of benzene rings is 1. The summed E-state index contributed by atoms with van der Waals surface area (Å²) < 4.78 is 5.28. The molecule has 3 aromatic rings. The number of fused-ring (bicyclic) bond motifs is 1. The van der Waals surface area contributed by atoms with Gasteiger partial charge in [-0.2, -0.15) is 0 Å². The van der Waals surface area contributed by atoms with Crippen LogP contribution in [0.5, 0.6) is 0 Å². The fourth-order valence-electron chi connectivity index (χ4n) is 2.45. The Balaban J connectivity index is 2.03. The third-order valence-corrected chi connectivity index (χ3v) is 6.11. The highest BCUT2D eigenvalue weighted by Gasteiger charge is 2.25. The first kappa shape index (κ1) is 16.9. The molecule has 0 saturated heterocycles. The van der Waals surface area contributed by atoms with Crippen molar-refractivity contribution in [3.63, 3.8) is 0 Å². The van der Waals surface area contributed by atoms with E-state index in [-0.39, 0.29) is 5.97 Å². The van der Waals surface area contributed by atoms with Crippen molar-refractivity contribution in [3.05, 3.63) is 52.7 Å². The Labute approximate surface area is 149 Å². The Bertz CT molecular complexity index is 862. The van der Waals surface area contributed by atoms with Crippen molar-refractivity contribution >= 4 is 39.3 Å². The summed E-state index contributed by atoms with van der Waals surface area (Å²) in [4.78, 5) is 23.5. The van der Waals surface area contributed by atoms with Crippen LogP contribution in [0.3, 0.4) is 0 Å². The summed E-state index contributed by atoms with van der Waals surface area (Å²) >= 11 is 3.08. The number of carbonyl (C=O) groups is 1. The van der Waals surface area contributed by atoms with Crippen LogP contribution < -0.4 is 0 Å². The van der Waals surface area contributed by atoms with E-state index in [2.05, 4.69) is 23.8 Å². The lowest BCUT2D eigenvalue weighted by Crippen LogP contribution is -2.13. The summed E-state index contributed by atoms with van der Waals surface area (Å²) in [6.45, 7) is 6.33. The zero-order chi connectivity index (χ0) is 17.1. The molecule has 24 heavy (non-hydrogen) atoms. The van der Waals surface area contributed by atoms with E-state index in [0.29, 0.717) is 6.61 Å². The van der Waals surface area contributed by atoms with Crippen LogP contribution in [0, 0.1) is 13.8 Å². The molecule has 0 fully saturated rings. The molecule has 0 spiro atoms. The van der Waals surface area contributed by atoms with Crippen LogP contribution in [0.2, 0.25) is 0 Å². The maximum absolute atomic E-state index is 12.5. The SMILES string of the molecule is CCOC(=O)[C@H](Sc1ncnc2sc(C)c(C)c12)c1ccccc1. The van der Waals surface area contributed by atoms with E-state index < -0.39 is 5.25 Å². The molecular weight excluding hydrogens is 340 g/mol. The first-order valence-electron chi connectivity index (χ1n) is 7.70. The van der Waals surface area contributed by atoms with Crippen molar-refractivity contribution in [2.24, 2.45) is 0 Å². The van der Waals surface area contributed by atoms with E-state index in [0.717, 1.165) is 20.8 Å². The van der Waals surface area contributed by atoms with E-state index in [1.54, 1.807) is 17.7 Å². The van der Waals surface area contributed by atoms with Gasteiger partial charge in [0.1, 0.15) is 21.4 Å². The van der Waals surface area contributed by atoms with Gasteiger partial charge in [-0.1, -0.05) is 42.1 Å². The Morgan fingerprint density at radius 3 is 2.71 bits per heavy atom. The second kappa shape index (κ2) is 7.32. The average molecular weight is 358 g/mol. The first-order valence-corrected chi connectivity index (χ1v) is 9.40.